The van der Waals surface area contributed by atoms with Crippen LogP contribution in [0.15, 0.2) is 54.6 Å². The van der Waals surface area contributed by atoms with Crippen molar-refractivity contribution in [2.24, 2.45) is 0 Å². The van der Waals surface area contributed by atoms with Crippen LogP contribution < -0.4 is 16.0 Å². The van der Waals surface area contributed by atoms with Crippen molar-refractivity contribution >= 4 is 52.5 Å². The highest BCUT2D eigenvalue weighted by Crippen LogP contribution is 2.16. The first kappa shape index (κ1) is 22.5. The molecule has 8 heteroatoms. The molecule has 0 aliphatic heterocycles. The van der Waals surface area contributed by atoms with E-state index < -0.39 is 0 Å². The number of carbonyl (C=O) groups excluding carboxylic acids is 2. The minimum absolute atomic E-state index is 0.149. The van der Waals surface area contributed by atoms with Crippen molar-refractivity contribution in [1.82, 2.24) is 10.6 Å². The Morgan fingerprint density at radius 1 is 1.14 bits per heavy atom. The summed E-state index contributed by atoms with van der Waals surface area (Å²) in [5.74, 6) is -0.539. The maximum Gasteiger partial charge on any atom is 0.251 e. The van der Waals surface area contributed by atoms with Crippen molar-refractivity contribution in [3.05, 3.63) is 70.8 Å². The number of carbonyl (C=O) groups is 2. The molecule has 0 spiro atoms. The first-order valence-corrected chi connectivity index (χ1v) is 9.70. The van der Waals surface area contributed by atoms with E-state index in [1.54, 1.807) is 49.6 Å². The molecule has 0 saturated heterocycles. The van der Waals surface area contributed by atoms with Crippen LogP contribution in [0.3, 0.4) is 0 Å². The summed E-state index contributed by atoms with van der Waals surface area (Å²) in [6, 6.07) is 14.0. The number of hydrogen-bond donors (Lipinski definition) is 3. The summed E-state index contributed by atoms with van der Waals surface area (Å²) < 4.78 is 4.94. The average molecular weight is 432 g/mol. The highest BCUT2D eigenvalue weighted by Gasteiger charge is 2.06. The summed E-state index contributed by atoms with van der Waals surface area (Å²) >= 11 is 11.2. The monoisotopic (exact) mass is 431 g/mol. The lowest BCUT2D eigenvalue weighted by molar-refractivity contribution is -0.115. The number of thiocarbonyl (C=S) groups is 1. The molecule has 0 aliphatic rings. The van der Waals surface area contributed by atoms with E-state index in [0.717, 1.165) is 12.0 Å². The number of benzene rings is 2. The van der Waals surface area contributed by atoms with E-state index in [4.69, 9.17) is 28.6 Å². The molecule has 0 fully saturated rings. The zero-order valence-corrected chi connectivity index (χ0v) is 17.5. The van der Waals surface area contributed by atoms with E-state index in [0.29, 0.717) is 29.4 Å². The lowest BCUT2D eigenvalue weighted by Crippen LogP contribution is -2.32. The molecule has 0 saturated carbocycles. The predicted octanol–water partition coefficient (Wildman–Crippen LogP) is 3.63. The number of anilines is 1. The first-order valence-electron chi connectivity index (χ1n) is 8.91. The molecule has 152 valence electrons. The average Bonchev–Trinajstić information content (AvgIpc) is 2.71. The van der Waals surface area contributed by atoms with Gasteiger partial charge in [0, 0.05) is 42.6 Å². The minimum atomic E-state index is -0.380. The quantitative estimate of drug-likeness (QED) is 0.338. The van der Waals surface area contributed by atoms with Crippen LogP contribution in [-0.2, 0) is 9.53 Å². The number of amides is 2. The SMILES string of the molecule is COCCCNC(=O)c1ccc(NC(=S)NC(=O)/C=C/c2ccccc2Cl)cc1. The van der Waals surface area contributed by atoms with E-state index in [1.807, 2.05) is 12.1 Å². The number of rotatable bonds is 8. The lowest BCUT2D eigenvalue weighted by Gasteiger charge is -2.09. The number of nitrogens with one attached hydrogen (secondary N) is 3. The zero-order chi connectivity index (χ0) is 21.1. The second-order valence-corrected chi connectivity index (χ2v) is 6.79. The van der Waals surface area contributed by atoms with Gasteiger partial charge in [-0.1, -0.05) is 29.8 Å². The van der Waals surface area contributed by atoms with Crippen molar-refractivity contribution in [3.8, 4) is 0 Å². The molecular formula is C21H22ClN3O3S. The maximum atomic E-state index is 12.0. The molecule has 0 atom stereocenters. The van der Waals surface area contributed by atoms with Gasteiger partial charge < -0.3 is 15.4 Å². The standard InChI is InChI=1S/C21H22ClN3O3S/c1-28-14-4-13-23-20(27)16-7-10-17(11-8-16)24-21(29)25-19(26)12-9-15-5-2-3-6-18(15)22/h2-3,5-12H,4,13-14H2,1H3,(H,23,27)(H2,24,25,26,29)/b12-9+. The van der Waals surface area contributed by atoms with Gasteiger partial charge in [0.1, 0.15) is 0 Å². The van der Waals surface area contributed by atoms with Crippen LogP contribution in [0.1, 0.15) is 22.3 Å². The fourth-order valence-corrected chi connectivity index (χ4v) is 2.73. The number of methoxy groups -OCH3 is 1. The van der Waals surface area contributed by atoms with Crippen molar-refractivity contribution < 1.29 is 14.3 Å². The van der Waals surface area contributed by atoms with Crippen LogP contribution in [0.2, 0.25) is 5.02 Å². The zero-order valence-electron chi connectivity index (χ0n) is 15.9. The van der Waals surface area contributed by atoms with Gasteiger partial charge in [0.05, 0.1) is 0 Å². The Labute approximate surface area is 180 Å². The molecule has 2 rings (SSSR count). The fraction of sp³-hybridized carbons (Fsp3) is 0.190. The summed E-state index contributed by atoms with van der Waals surface area (Å²) in [5.41, 5.74) is 1.92. The molecule has 0 heterocycles. The molecule has 0 aromatic heterocycles. The summed E-state index contributed by atoms with van der Waals surface area (Å²) in [6.45, 7) is 1.14. The van der Waals surface area contributed by atoms with E-state index in [9.17, 15) is 9.59 Å². The Balaban J connectivity index is 1.82. The van der Waals surface area contributed by atoms with Crippen LogP contribution in [0.4, 0.5) is 5.69 Å². The molecule has 29 heavy (non-hydrogen) atoms. The van der Waals surface area contributed by atoms with Crippen molar-refractivity contribution in [2.75, 3.05) is 25.6 Å². The summed E-state index contributed by atoms with van der Waals surface area (Å²) in [4.78, 5) is 24.0. The Kier molecular flexibility index (Phi) is 9.30. The smallest absolute Gasteiger partial charge is 0.251 e. The highest BCUT2D eigenvalue weighted by atomic mass is 35.5. The highest BCUT2D eigenvalue weighted by molar-refractivity contribution is 7.80. The molecule has 0 radical (unpaired) electrons. The van der Waals surface area contributed by atoms with Gasteiger partial charge in [-0.2, -0.15) is 0 Å². The lowest BCUT2D eigenvalue weighted by atomic mass is 10.2. The molecule has 3 N–H and O–H groups in total. The molecule has 0 aliphatic carbocycles. The molecule has 0 bridgehead atoms. The van der Waals surface area contributed by atoms with Crippen molar-refractivity contribution in [2.45, 2.75) is 6.42 Å². The van der Waals surface area contributed by atoms with Gasteiger partial charge in [-0.05, 0) is 60.6 Å². The normalized spacial score (nSPS) is 10.6. The predicted molar refractivity (Wildman–Crippen MR) is 120 cm³/mol. The summed E-state index contributed by atoms with van der Waals surface area (Å²) in [5, 5.41) is 8.97. The second-order valence-electron chi connectivity index (χ2n) is 5.98. The van der Waals surface area contributed by atoms with Gasteiger partial charge in [0.25, 0.3) is 5.91 Å². The Bertz CT molecular complexity index is 885. The molecule has 6 nitrogen and oxygen atoms in total. The van der Waals surface area contributed by atoms with Crippen LogP contribution in [0.25, 0.3) is 6.08 Å². The Hall–Kier alpha value is -2.74. The minimum Gasteiger partial charge on any atom is -0.385 e. The number of halogens is 1. The third kappa shape index (κ3) is 8.03. The van der Waals surface area contributed by atoms with E-state index in [-0.39, 0.29) is 16.9 Å². The van der Waals surface area contributed by atoms with Gasteiger partial charge in [-0.25, -0.2) is 0 Å². The van der Waals surface area contributed by atoms with E-state index in [1.165, 1.54) is 6.08 Å². The first-order chi connectivity index (χ1) is 14.0. The van der Waals surface area contributed by atoms with Crippen molar-refractivity contribution in [1.29, 1.82) is 0 Å². The van der Waals surface area contributed by atoms with Crippen LogP contribution >= 0.6 is 23.8 Å². The van der Waals surface area contributed by atoms with Gasteiger partial charge >= 0.3 is 0 Å². The van der Waals surface area contributed by atoms with E-state index >= 15 is 0 Å². The fourth-order valence-electron chi connectivity index (χ4n) is 2.32. The second kappa shape index (κ2) is 12.0. The molecule has 2 aromatic rings. The third-order valence-electron chi connectivity index (χ3n) is 3.77. The molecule has 0 unspecified atom stereocenters. The molecular weight excluding hydrogens is 410 g/mol. The number of hydrogen-bond acceptors (Lipinski definition) is 4. The molecule has 2 aromatic carbocycles. The topological polar surface area (TPSA) is 79.5 Å². The Morgan fingerprint density at radius 2 is 1.86 bits per heavy atom. The van der Waals surface area contributed by atoms with Crippen LogP contribution in [0.5, 0.6) is 0 Å². The van der Waals surface area contributed by atoms with Crippen molar-refractivity contribution in [3.63, 3.8) is 0 Å². The third-order valence-corrected chi connectivity index (χ3v) is 4.32. The van der Waals surface area contributed by atoms with E-state index in [2.05, 4.69) is 16.0 Å². The van der Waals surface area contributed by atoms with Crippen LogP contribution in [0, 0.1) is 0 Å². The summed E-state index contributed by atoms with van der Waals surface area (Å²) in [7, 11) is 1.62. The molecule has 2 amide bonds. The largest absolute Gasteiger partial charge is 0.385 e. The van der Waals surface area contributed by atoms with Crippen LogP contribution in [-0.4, -0.2) is 37.2 Å². The van der Waals surface area contributed by atoms with Gasteiger partial charge in [0.15, 0.2) is 5.11 Å². The maximum absolute atomic E-state index is 12.0. The van der Waals surface area contributed by atoms with Gasteiger partial charge in [0.2, 0.25) is 5.91 Å². The Morgan fingerprint density at radius 3 is 2.55 bits per heavy atom. The summed E-state index contributed by atoms with van der Waals surface area (Å²) in [6.07, 6.45) is 3.72. The van der Waals surface area contributed by atoms with Gasteiger partial charge in [-0.15, -0.1) is 0 Å². The number of ether oxygens (including phenoxy) is 1. The van der Waals surface area contributed by atoms with Gasteiger partial charge in [-0.3, -0.25) is 14.9 Å².